The molecule has 2 aliphatic heterocycles. The van der Waals surface area contributed by atoms with Gasteiger partial charge >= 0.3 is 0 Å². The Labute approximate surface area is 101 Å². The van der Waals surface area contributed by atoms with Crippen LogP contribution >= 0.6 is 0 Å². The molecule has 98 valence electrons. The summed E-state index contributed by atoms with van der Waals surface area (Å²) < 4.78 is 22.3. The van der Waals surface area contributed by atoms with Crippen molar-refractivity contribution in [2.75, 3.05) is 7.11 Å². The van der Waals surface area contributed by atoms with Gasteiger partial charge in [0.15, 0.2) is 12.1 Å². The molecule has 0 aromatic heterocycles. The Balaban J connectivity index is 2.12. The third kappa shape index (κ3) is 2.39. The van der Waals surface area contributed by atoms with Gasteiger partial charge in [-0.1, -0.05) is 6.08 Å². The van der Waals surface area contributed by atoms with Crippen molar-refractivity contribution >= 4 is 0 Å². The molecule has 2 heterocycles. The number of hydrogen-bond acceptors (Lipinski definition) is 5. The number of rotatable bonds is 4. The fourth-order valence-electron chi connectivity index (χ4n) is 2.40. The van der Waals surface area contributed by atoms with Gasteiger partial charge in [-0.15, -0.1) is 6.58 Å². The molecule has 0 bridgehead atoms. The minimum Gasteiger partial charge on any atom is -0.390 e. The topological polar surface area (TPSA) is 57.2 Å². The van der Waals surface area contributed by atoms with Crippen LogP contribution in [0.25, 0.3) is 0 Å². The third-order valence-corrected chi connectivity index (χ3v) is 3.07. The molecule has 1 N–H and O–H groups in total. The van der Waals surface area contributed by atoms with Crippen molar-refractivity contribution in [1.29, 1.82) is 0 Å². The Bertz CT molecular complexity index is 291. The van der Waals surface area contributed by atoms with E-state index in [9.17, 15) is 5.11 Å². The SMILES string of the molecule is C=CC[C@@H](O)C1OC(OC)C2OC(C)(C)OC21. The predicted octanol–water partition coefficient (Wildman–Crippen LogP) is 0.815. The lowest BCUT2D eigenvalue weighted by atomic mass is 10.0. The van der Waals surface area contributed by atoms with Crippen LogP contribution in [0.1, 0.15) is 20.3 Å². The summed E-state index contributed by atoms with van der Waals surface area (Å²) in [5, 5.41) is 9.99. The summed E-state index contributed by atoms with van der Waals surface area (Å²) in [6.45, 7) is 7.29. The van der Waals surface area contributed by atoms with Crippen LogP contribution in [0.2, 0.25) is 0 Å². The van der Waals surface area contributed by atoms with Gasteiger partial charge in [-0.2, -0.15) is 0 Å². The standard InChI is InChI=1S/C12H20O5/c1-5-6-7(13)8-9-10(11(14-4)15-8)17-12(2,3)16-9/h5,7-11,13H,1,6H2,2-4H3/t7-,8?,9?,10?,11?/m1/s1. The molecule has 5 nitrogen and oxygen atoms in total. The summed E-state index contributed by atoms with van der Waals surface area (Å²) in [5.74, 6) is -0.665. The smallest absolute Gasteiger partial charge is 0.186 e. The fraction of sp³-hybridized carbons (Fsp3) is 0.833. The minimum atomic E-state index is -0.665. The van der Waals surface area contributed by atoms with Gasteiger partial charge < -0.3 is 24.1 Å². The molecule has 2 saturated heterocycles. The summed E-state index contributed by atoms with van der Waals surface area (Å²) in [4.78, 5) is 0. The van der Waals surface area contributed by atoms with E-state index in [-0.39, 0.29) is 12.2 Å². The molecule has 5 atom stereocenters. The predicted molar refractivity (Wildman–Crippen MR) is 60.3 cm³/mol. The summed E-state index contributed by atoms with van der Waals surface area (Å²) >= 11 is 0. The zero-order valence-electron chi connectivity index (χ0n) is 10.5. The highest BCUT2D eigenvalue weighted by Crippen LogP contribution is 2.40. The second kappa shape index (κ2) is 4.66. The molecule has 0 amide bonds. The van der Waals surface area contributed by atoms with Crippen molar-refractivity contribution in [1.82, 2.24) is 0 Å². The first-order valence-corrected chi connectivity index (χ1v) is 5.81. The van der Waals surface area contributed by atoms with Crippen LogP contribution < -0.4 is 0 Å². The van der Waals surface area contributed by atoms with Crippen LogP contribution in [-0.2, 0) is 18.9 Å². The molecule has 5 heteroatoms. The van der Waals surface area contributed by atoms with Crippen molar-refractivity contribution in [2.45, 2.75) is 56.8 Å². The zero-order chi connectivity index (χ0) is 12.6. The van der Waals surface area contributed by atoms with Gasteiger partial charge in [0.25, 0.3) is 0 Å². The van der Waals surface area contributed by atoms with E-state index < -0.39 is 24.3 Å². The van der Waals surface area contributed by atoms with Crippen molar-refractivity contribution < 1.29 is 24.1 Å². The lowest BCUT2D eigenvalue weighted by Gasteiger charge is -2.25. The van der Waals surface area contributed by atoms with Crippen molar-refractivity contribution in [3.63, 3.8) is 0 Å². The largest absolute Gasteiger partial charge is 0.390 e. The van der Waals surface area contributed by atoms with E-state index in [1.54, 1.807) is 13.2 Å². The van der Waals surface area contributed by atoms with Crippen molar-refractivity contribution in [3.8, 4) is 0 Å². The highest BCUT2D eigenvalue weighted by molar-refractivity contribution is 4.98. The molecular weight excluding hydrogens is 224 g/mol. The second-order valence-electron chi connectivity index (χ2n) is 4.86. The van der Waals surface area contributed by atoms with Crippen LogP contribution in [0, 0.1) is 0 Å². The second-order valence-corrected chi connectivity index (χ2v) is 4.86. The van der Waals surface area contributed by atoms with E-state index in [4.69, 9.17) is 18.9 Å². The summed E-state index contributed by atoms with van der Waals surface area (Å²) in [6.07, 6.45) is -0.0731. The van der Waals surface area contributed by atoms with Crippen LogP contribution in [0.3, 0.4) is 0 Å². The maximum absolute atomic E-state index is 9.99. The first-order valence-electron chi connectivity index (χ1n) is 5.81. The van der Waals surface area contributed by atoms with Gasteiger partial charge in [0, 0.05) is 7.11 Å². The van der Waals surface area contributed by atoms with E-state index in [1.165, 1.54) is 0 Å². The van der Waals surface area contributed by atoms with Gasteiger partial charge in [-0.25, -0.2) is 0 Å². The van der Waals surface area contributed by atoms with Crippen LogP contribution in [-0.4, -0.2) is 48.7 Å². The third-order valence-electron chi connectivity index (χ3n) is 3.07. The Morgan fingerprint density at radius 2 is 2.06 bits per heavy atom. The highest BCUT2D eigenvalue weighted by atomic mass is 16.8. The number of aliphatic hydroxyl groups excluding tert-OH is 1. The normalized spacial score (nSPS) is 41.2. The minimum absolute atomic E-state index is 0.292. The average molecular weight is 244 g/mol. The summed E-state index contributed by atoms with van der Waals surface area (Å²) in [7, 11) is 1.55. The fourth-order valence-corrected chi connectivity index (χ4v) is 2.40. The Hall–Kier alpha value is -0.460. The highest BCUT2D eigenvalue weighted by Gasteiger charge is 2.57. The van der Waals surface area contributed by atoms with Crippen molar-refractivity contribution in [3.05, 3.63) is 12.7 Å². The molecule has 0 aromatic carbocycles. The zero-order valence-corrected chi connectivity index (χ0v) is 10.5. The maximum Gasteiger partial charge on any atom is 0.186 e. The van der Waals surface area contributed by atoms with E-state index in [0.29, 0.717) is 6.42 Å². The molecule has 0 aromatic rings. The Morgan fingerprint density at radius 3 is 2.65 bits per heavy atom. The van der Waals surface area contributed by atoms with Gasteiger partial charge in [-0.05, 0) is 20.3 Å². The van der Waals surface area contributed by atoms with Gasteiger partial charge in [0.2, 0.25) is 0 Å². The molecule has 2 aliphatic rings. The van der Waals surface area contributed by atoms with Crippen LogP contribution in [0.5, 0.6) is 0 Å². The van der Waals surface area contributed by atoms with Crippen LogP contribution in [0.15, 0.2) is 12.7 Å². The van der Waals surface area contributed by atoms with Crippen molar-refractivity contribution in [2.24, 2.45) is 0 Å². The first kappa shape index (κ1) is 13.0. The van der Waals surface area contributed by atoms with Gasteiger partial charge in [0.1, 0.15) is 18.3 Å². The molecule has 0 saturated carbocycles. The quantitative estimate of drug-likeness (QED) is 0.742. The van der Waals surface area contributed by atoms with E-state index >= 15 is 0 Å². The molecule has 2 fully saturated rings. The van der Waals surface area contributed by atoms with Gasteiger partial charge in [-0.3, -0.25) is 0 Å². The Morgan fingerprint density at radius 1 is 1.41 bits per heavy atom. The molecule has 0 aliphatic carbocycles. The molecule has 17 heavy (non-hydrogen) atoms. The Kier molecular flexibility index (Phi) is 3.56. The number of fused-ring (bicyclic) bond motifs is 1. The molecule has 2 rings (SSSR count). The molecule has 0 radical (unpaired) electrons. The van der Waals surface area contributed by atoms with Gasteiger partial charge in [0.05, 0.1) is 6.10 Å². The maximum atomic E-state index is 9.99. The summed E-state index contributed by atoms with van der Waals surface area (Å²) in [6, 6.07) is 0. The lowest BCUT2D eigenvalue weighted by Crippen LogP contribution is -2.38. The monoisotopic (exact) mass is 244 g/mol. The number of hydrogen-bond donors (Lipinski definition) is 1. The average Bonchev–Trinajstić information content (AvgIpc) is 2.71. The molecule has 0 spiro atoms. The van der Waals surface area contributed by atoms with E-state index in [0.717, 1.165) is 0 Å². The molecular formula is C12H20O5. The summed E-state index contributed by atoms with van der Waals surface area (Å²) in [5.41, 5.74) is 0. The lowest BCUT2D eigenvalue weighted by molar-refractivity contribution is -0.236. The first-order chi connectivity index (χ1) is 7.98. The van der Waals surface area contributed by atoms with E-state index in [2.05, 4.69) is 6.58 Å². The number of ether oxygens (including phenoxy) is 4. The van der Waals surface area contributed by atoms with E-state index in [1.807, 2.05) is 13.8 Å². The number of methoxy groups -OCH3 is 1. The number of aliphatic hydroxyl groups is 1. The molecule has 4 unspecified atom stereocenters. The van der Waals surface area contributed by atoms with Crippen LogP contribution in [0.4, 0.5) is 0 Å².